The Morgan fingerprint density at radius 2 is 2.03 bits per heavy atom. The summed E-state index contributed by atoms with van der Waals surface area (Å²) in [6.45, 7) is 0. The summed E-state index contributed by atoms with van der Waals surface area (Å²) in [4.78, 5) is 21.9. The van der Waals surface area contributed by atoms with E-state index in [4.69, 9.17) is 16.7 Å². The molecule has 3 aromatic rings. The monoisotopic (exact) mass is 423 g/mol. The molecule has 1 unspecified atom stereocenters. The van der Waals surface area contributed by atoms with E-state index < -0.39 is 0 Å². The maximum absolute atomic E-state index is 12.8. The lowest BCUT2D eigenvalue weighted by Gasteiger charge is -2.32. The second kappa shape index (κ2) is 7.65. The molecule has 2 aliphatic rings. The highest BCUT2D eigenvalue weighted by atomic mass is 35.5. The third kappa shape index (κ3) is 3.45. The molecule has 0 amide bonds. The number of carbonyl (C=O) groups excluding carboxylic acids is 1. The standard InChI is InChI=1S/C21H18ClN5OS/c22-15-8-2-1-7-14(15)19-18-16(9-5-10-17(18)28)24-20-25-21(26-27(19)20)29-12-13-6-3-4-11-23-13/h1-4,6-8,11,19H,5,9-10,12H2,(H,24,25,26). The number of halogens is 1. The van der Waals surface area contributed by atoms with E-state index in [-0.39, 0.29) is 11.8 Å². The van der Waals surface area contributed by atoms with Gasteiger partial charge in [0.1, 0.15) is 6.04 Å². The number of nitrogens with zero attached hydrogens (tertiary/aromatic N) is 4. The molecule has 0 saturated heterocycles. The average Bonchev–Trinajstić information content (AvgIpc) is 3.15. The average molecular weight is 424 g/mol. The summed E-state index contributed by atoms with van der Waals surface area (Å²) in [5, 5.41) is 9.33. The third-order valence-corrected chi connectivity index (χ3v) is 6.34. The van der Waals surface area contributed by atoms with Gasteiger partial charge in [0, 0.05) is 40.2 Å². The zero-order chi connectivity index (χ0) is 19.8. The number of pyridine rings is 1. The molecular formula is C21H18ClN5OS. The fourth-order valence-electron chi connectivity index (χ4n) is 3.80. The number of carbonyl (C=O) groups is 1. The Morgan fingerprint density at radius 1 is 1.17 bits per heavy atom. The predicted octanol–water partition coefficient (Wildman–Crippen LogP) is 4.64. The van der Waals surface area contributed by atoms with Crippen LogP contribution in [-0.4, -0.2) is 25.5 Å². The molecule has 0 bridgehead atoms. The number of nitrogens with one attached hydrogen (secondary N) is 1. The Balaban J connectivity index is 1.54. The van der Waals surface area contributed by atoms with E-state index in [0.29, 0.717) is 28.3 Å². The lowest BCUT2D eigenvalue weighted by Crippen LogP contribution is -2.31. The molecule has 1 aromatic carbocycles. The van der Waals surface area contributed by atoms with Crippen molar-refractivity contribution < 1.29 is 4.79 Å². The van der Waals surface area contributed by atoms with Crippen LogP contribution in [0.1, 0.15) is 36.6 Å². The quantitative estimate of drug-likeness (QED) is 0.616. The van der Waals surface area contributed by atoms with Gasteiger partial charge in [-0.25, -0.2) is 4.68 Å². The van der Waals surface area contributed by atoms with Crippen molar-refractivity contribution in [3.05, 3.63) is 76.2 Å². The van der Waals surface area contributed by atoms with Crippen molar-refractivity contribution >= 4 is 35.1 Å². The highest BCUT2D eigenvalue weighted by molar-refractivity contribution is 7.98. The van der Waals surface area contributed by atoms with E-state index in [2.05, 4.69) is 15.3 Å². The maximum Gasteiger partial charge on any atom is 0.227 e. The second-order valence-electron chi connectivity index (χ2n) is 6.99. The van der Waals surface area contributed by atoms with E-state index in [9.17, 15) is 4.79 Å². The van der Waals surface area contributed by atoms with E-state index in [1.807, 2.05) is 42.5 Å². The van der Waals surface area contributed by atoms with Crippen molar-refractivity contribution in [1.29, 1.82) is 0 Å². The van der Waals surface area contributed by atoms with Crippen molar-refractivity contribution in [3.63, 3.8) is 0 Å². The van der Waals surface area contributed by atoms with Crippen molar-refractivity contribution in [1.82, 2.24) is 19.7 Å². The van der Waals surface area contributed by atoms with Crippen LogP contribution in [0.15, 0.2) is 65.1 Å². The number of Topliss-reactive ketones (excluding diaryl/α,β-unsaturated/α-hetero) is 1. The summed E-state index contributed by atoms with van der Waals surface area (Å²) in [5.74, 6) is 1.46. The third-order valence-electron chi connectivity index (χ3n) is 5.12. The molecule has 1 atom stereocenters. The first-order valence-electron chi connectivity index (χ1n) is 9.47. The minimum atomic E-state index is -0.362. The first kappa shape index (κ1) is 18.4. The molecule has 1 aliphatic heterocycles. The van der Waals surface area contributed by atoms with Crippen LogP contribution in [0.5, 0.6) is 0 Å². The number of anilines is 1. The molecule has 1 aliphatic carbocycles. The summed E-state index contributed by atoms with van der Waals surface area (Å²) in [5.41, 5.74) is 3.52. The predicted molar refractivity (Wildman–Crippen MR) is 113 cm³/mol. The highest BCUT2D eigenvalue weighted by Crippen LogP contribution is 2.42. The molecule has 0 radical (unpaired) electrons. The molecule has 146 valence electrons. The first-order valence-corrected chi connectivity index (χ1v) is 10.8. The van der Waals surface area contributed by atoms with Gasteiger partial charge >= 0.3 is 0 Å². The lowest BCUT2D eigenvalue weighted by atomic mass is 9.85. The number of benzene rings is 1. The van der Waals surface area contributed by atoms with Gasteiger partial charge < -0.3 is 5.32 Å². The van der Waals surface area contributed by atoms with Gasteiger partial charge in [-0.15, -0.1) is 5.10 Å². The fourth-order valence-corrected chi connectivity index (χ4v) is 4.79. The van der Waals surface area contributed by atoms with E-state index >= 15 is 0 Å². The number of thioether (sulfide) groups is 1. The summed E-state index contributed by atoms with van der Waals surface area (Å²) in [7, 11) is 0. The zero-order valence-electron chi connectivity index (χ0n) is 15.5. The van der Waals surface area contributed by atoms with Crippen LogP contribution in [-0.2, 0) is 10.5 Å². The van der Waals surface area contributed by atoms with Crippen LogP contribution in [0.4, 0.5) is 5.95 Å². The SMILES string of the molecule is O=C1CCCC2=C1C(c1ccccc1Cl)n1nc(SCc3ccccn3)nc1N2. The summed E-state index contributed by atoms with van der Waals surface area (Å²) in [6.07, 6.45) is 3.99. The molecule has 5 rings (SSSR count). The van der Waals surface area contributed by atoms with Gasteiger partial charge in [0.25, 0.3) is 0 Å². The molecule has 3 heterocycles. The number of aromatic nitrogens is 4. The van der Waals surface area contributed by atoms with Crippen molar-refractivity contribution in [3.8, 4) is 0 Å². The van der Waals surface area contributed by atoms with Gasteiger partial charge in [-0.2, -0.15) is 4.98 Å². The summed E-state index contributed by atoms with van der Waals surface area (Å²) < 4.78 is 1.80. The minimum Gasteiger partial charge on any atom is -0.328 e. The molecule has 29 heavy (non-hydrogen) atoms. The van der Waals surface area contributed by atoms with Crippen LogP contribution >= 0.6 is 23.4 Å². The Morgan fingerprint density at radius 3 is 2.86 bits per heavy atom. The largest absolute Gasteiger partial charge is 0.328 e. The molecule has 8 heteroatoms. The highest BCUT2D eigenvalue weighted by Gasteiger charge is 2.37. The Bertz CT molecular complexity index is 1110. The van der Waals surface area contributed by atoms with Crippen molar-refractivity contribution in [2.24, 2.45) is 0 Å². The van der Waals surface area contributed by atoms with E-state index in [0.717, 1.165) is 35.4 Å². The van der Waals surface area contributed by atoms with E-state index in [1.165, 1.54) is 11.8 Å². The normalized spacial score (nSPS) is 18.2. The molecule has 0 spiro atoms. The number of ketones is 1. The Hall–Kier alpha value is -2.64. The second-order valence-corrected chi connectivity index (χ2v) is 8.34. The molecule has 6 nitrogen and oxygen atoms in total. The number of allylic oxidation sites excluding steroid dienone is 2. The summed E-state index contributed by atoms with van der Waals surface area (Å²) in [6, 6.07) is 13.1. The van der Waals surface area contributed by atoms with Crippen LogP contribution in [0.3, 0.4) is 0 Å². The van der Waals surface area contributed by atoms with Gasteiger partial charge in [-0.05, 0) is 31.0 Å². The van der Waals surface area contributed by atoms with Gasteiger partial charge in [0.15, 0.2) is 5.78 Å². The number of hydrogen-bond acceptors (Lipinski definition) is 6. The van der Waals surface area contributed by atoms with Gasteiger partial charge in [-0.3, -0.25) is 9.78 Å². The molecule has 1 N–H and O–H groups in total. The molecule has 2 aromatic heterocycles. The van der Waals surface area contributed by atoms with Crippen LogP contribution in [0, 0.1) is 0 Å². The van der Waals surface area contributed by atoms with Crippen molar-refractivity contribution in [2.45, 2.75) is 36.2 Å². The van der Waals surface area contributed by atoms with Gasteiger partial charge in [0.05, 0.1) is 5.69 Å². The lowest BCUT2D eigenvalue weighted by molar-refractivity contribution is -0.116. The van der Waals surface area contributed by atoms with Crippen LogP contribution in [0.25, 0.3) is 0 Å². The Labute approximate surface area is 177 Å². The number of hydrogen-bond donors (Lipinski definition) is 1. The first-order chi connectivity index (χ1) is 14.2. The van der Waals surface area contributed by atoms with E-state index in [1.54, 1.807) is 10.9 Å². The van der Waals surface area contributed by atoms with Crippen LogP contribution < -0.4 is 5.32 Å². The topological polar surface area (TPSA) is 72.7 Å². The molecule has 0 saturated carbocycles. The fraction of sp³-hybridized carbons (Fsp3) is 0.238. The van der Waals surface area contributed by atoms with Gasteiger partial charge in [-0.1, -0.05) is 47.6 Å². The number of fused-ring (bicyclic) bond motifs is 1. The Kier molecular flexibility index (Phi) is 4.85. The zero-order valence-corrected chi connectivity index (χ0v) is 17.1. The van der Waals surface area contributed by atoms with Gasteiger partial charge in [0.2, 0.25) is 11.1 Å². The number of rotatable bonds is 4. The maximum atomic E-state index is 12.8. The van der Waals surface area contributed by atoms with Crippen LogP contribution in [0.2, 0.25) is 5.02 Å². The van der Waals surface area contributed by atoms with Crippen molar-refractivity contribution in [2.75, 3.05) is 5.32 Å². The molecular weight excluding hydrogens is 406 g/mol. The smallest absolute Gasteiger partial charge is 0.227 e. The minimum absolute atomic E-state index is 0.146. The molecule has 0 fully saturated rings. The summed E-state index contributed by atoms with van der Waals surface area (Å²) >= 11 is 8.04.